The van der Waals surface area contributed by atoms with Crippen molar-refractivity contribution in [2.75, 3.05) is 37.4 Å². The van der Waals surface area contributed by atoms with E-state index in [1.54, 1.807) is 30.0 Å². The molecule has 5 rings (SSSR count). The van der Waals surface area contributed by atoms with Crippen LogP contribution in [0.2, 0.25) is 0 Å². The zero-order valence-electron chi connectivity index (χ0n) is 25.8. The molecule has 0 spiro atoms. The molecule has 11 heteroatoms. The number of aliphatic hydroxyl groups excluding tert-OH is 1. The van der Waals surface area contributed by atoms with E-state index in [4.69, 9.17) is 4.74 Å². The van der Waals surface area contributed by atoms with E-state index in [0.717, 1.165) is 28.5 Å². The average Bonchev–Trinajstić information content (AvgIpc) is 3.02. The Bertz CT molecular complexity index is 1690. The third-order valence-corrected chi connectivity index (χ3v) is 8.19. The van der Waals surface area contributed by atoms with Gasteiger partial charge in [0.1, 0.15) is 11.9 Å². The molecule has 46 heavy (non-hydrogen) atoms. The Hall–Kier alpha value is -4.61. The van der Waals surface area contributed by atoms with E-state index in [2.05, 4.69) is 10.6 Å². The molecule has 0 bridgehead atoms. The summed E-state index contributed by atoms with van der Waals surface area (Å²) in [6.45, 7) is 4.60. The van der Waals surface area contributed by atoms with E-state index in [9.17, 15) is 27.9 Å². The summed E-state index contributed by atoms with van der Waals surface area (Å²) in [5.41, 5.74) is 1.29. The van der Waals surface area contributed by atoms with Gasteiger partial charge >= 0.3 is 12.2 Å². The number of amides is 3. The van der Waals surface area contributed by atoms with Gasteiger partial charge in [0.15, 0.2) is 0 Å². The quantitative estimate of drug-likeness (QED) is 0.197. The predicted octanol–water partition coefficient (Wildman–Crippen LogP) is 6.85. The van der Waals surface area contributed by atoms with Crippen molar-refractivity contribution in [1.82, 2.24) is 9.80 Å². The standard InChI is InChI=1S/C35H37F3N4O4/c1-22-18-42(23(2)21-43)33(44)29-17-27(39-34(45)40-30-10-6-8-25-7-4-5-9-28(25)30)15-16-31(29)46-32(22)20-41(3)19-24-11-13-26(14-12-24)35(36,37)38/h4-17,22-23,32,43H,18-21H2,1-3H3,(H2,39,40,45)/t22-,23-,32-/m1/s1. The molecule has 1 heterocycles. The van der Waals surface area contributed by atoms with Crippen LogP contribution in [0.4, 0.5) is 29.3 Å². The first kappa shape index (κ1) is 32.8. The van der Waals surface area contributed by atoms with Crippen molar-refractivity contribution < 1.29 is 32.6 Å². The number of nitrogens with one attached hydrogen (secondary N) is 2. The van der Waals surface area contributed by atoms with Gasteiger partial charge in [0.05, 0.1) is 29.5 Å². The minimum absolute atomic E-state index is 0.148. The Balaban J connectivity index is 1.35. The highest BCUT2D eigenvalue weighted by Gasteiger charge is 2.34. The topological polar surface area (TPSA) is 94.1 Å². The van der Waals surface area contributed by atoms with E-state index in [1.807, 2.05) is 61.3 Å². The van der Waals surface area contributed by atoms with E-state index >= 15 is 0 Å². The summed E-state index contributed by atoms with van der Waals surface area (Å²) in [6.07, 6.45) is -4.79. The summed E-state index contributed by atoms with van der Waals surface area (Å²) < 4.78 is 45.4. The maximum absolute atomic E-state index is 13.8. The number of alkyl halides is 3. The van der Waals surface area contributed by atoms with Gasteiger partial charge in [0.2, 0.25) is 0 Å². The van der Waals surface area contributed by atoms with Gasteiger partial charge in [0.25, 0.3) is 5.91 Å². The van der Waals surface area contributed by atoms with Gasteiger partial charge in [-0.05, 0) is 61.3 Å². The van der Waals surface area contributed by atoms with Gasteiger partial charge in [-0.1, -0.05) is 55.5 Å². The Morgan fingerprint density at radius 2 is 1.76 bits per heavy atom. The molecule has 3 amide bonds. The number of hydrogen-bond acceptors (Lipinski definition) is 5. The van der Waals surface area contributed by atoms with Crippen LogP contribution in [0.15, 0.2) is 84.9 Å². The van der Waals surface area contributed by atoms with Gasteiger partial charge in [-0.3, -0.25) is 9.69 Å². The van der Waals surface area contributed by atoms with Gasteiger partial charge in [0, 0.05) is 36.6 Å². The van der Waals surface area contributed by atoms with Crippen molar-refractivity contribution in [2.45, 2.75) is 38.7 Å². The third-order valence-electron chi connectivity index (χ3n) is 8.19. The molecule has 0 saturated heterocycles. The molecule has 4 aromatic carbocycles. The fourth-order valence-electron chi connectivity index (χ4n) is 5.62. The summed E-state index contributed by atoms with van der Waals surface area (Å²) >= 11 is 0. The van der Waals surface area contributed by atoms with Crippen LogP contribution < -0.4 is 15.4 Å². The molecule has 4 aromatic rings. The maximum atomic E-state index is 13.8. The van der Waals surface area contributed by atoms with Crippen LogP contribution in [0.3, 0.4) is 0 Å². The number of urea groups is 1. The lowest BCUT2D eigenvalue weighted by Gasteiger charge is -2.38. The number of rotatable bonds is 8. The number of anilines is 2. The van der Waals surface area contributed by atoms with E-state index in [1.165, 1.54) is 12.1 Å². The van der Waals surface area contributed by atoms with E-state index in [0.29, 0.717) is 36.8 Å². The molecule has 1 aliphatic heterocycles. The number of carbonyl (C=O) groups is 2. The first-order valence-electron chi connectivity index (χ1n) is 15.1. The SMILES string of the molecule is C[C@@H]1CN([C@H](C)CO)C(=O)c2cc(NC(=O)Nc3cccc4ccccc34)ccc2O[C@@H]1CN(C)Cc1ccc(C(F)(F)F)cc1. The molecular weight excluding hydrogens is 597 g/mol. The average molecular weight is 635 g/mol. The van der Waals surface area contributed by atoms with Crippen LogP contribution in [0.25, 0.3) is 10.8 Å². The number of carbonyl (C=O) groups excluding carboxylic acids is 2. The first-order valence-corrected chi connectivity index (χ1v) is 15.1. The number of ether oxygens (including phenoxy) is 1. The molecule has 0 fully saturated rings. The molecule has 3 atom stereocenters. The van der Waals surface area contributed by atoms with Crippen LogP contribution >= 0.6 is 0 Å². The molecule has 242 valence electrons. The van der Waals surface area contributed by atoms with Crippen LogP contribution in [-0.4, -0.2) is 65.7 Å². The molecule has 0 aromatic heterocycles. The second kappa shape index (κ2) is 13.8. The smallest absolute Gasteiger partial charge is 0.416 e. The van der Waals surface area contributed by atoms with Crippen LogP contribution in [0, 0.1) is 5.92 Å². The number of hydrogen-bond donors (Lipinski definition) is 3. The minimum Gasteiger partial charge on any atom is -0.488 e. The van der Waals surface area contributed by atoms with Gasteiger partial charge in [-0.15, -0.1) is 0 Å². The highest BCUT2D eigenvalue weighted by Crippen LogP contribution is 2.32. The number of likely N-dealkylation sites (N-methyl/N-ethyl adjacent to an activating group) is 1. The second-order valence-electron chi connectivity index (χ2n) is 11.8. The van der Waals surface area contributed by atoms with Crippen LogP contribution in [-0.2, 0) is 12.7 Å². The highest BCUT2D eigenvalue weighted by molar-refractivity contribution is 6.07. The zero-order valence-corrected chi connectivity index (χ0v) is 25.8. The highest BCUT2D eigenvalue weighted by atomic mass is 19.4. The fraction of sp³-hybridized carbons (Fsp3) is 0.314. The van der Waals surface area contributed by atoms with Crippen LogP contribution in [0.5, 0.6) is 5.75 Å². The van der Waals surface area contributed by atoms with Crippen molar-refractivity contribution in [2.24, 2.45) is 5.92 Å². The summed E-state index contributed by atoms with van der Waals surface area (Å²) in [4.78, 5) is 30.4. The number of benzene rings is 4. The molecule has 0 unspecified atom stereocenters. The zero-order chi connectivity index (χ0) is 33.0. The Kier molecular flexibility index (Phi) is 9.83. The van der Waals surface area contributed by atoms with Crippen molar-refractivity contribution in [1.29, 1.82) is 0 Å². The monoisotopic (exact) mass is 634 g/mol. The van der Waals surface area contributed by atoms with Gasteiger partial charge in [-0.25, -0.2) is 4.79 Å². The summed E-state index contributed by atoms with van der Waals surface area (Å²) in [5.74, 6) is -0.150. The number of nitrogens with zero attached hydrogens (tertiary/aromatic N) is 2. The normalized spacial score (nSPS) is 17.6. The molecule has 3 N–H and O–H groups in total. The summed E-state index contributed by atoms with van der Waals surface area (Å²) in [7, 11) is 1.86. The van der Waals surface area contributed by atoms with Crippen LogP contribution in [0.1, 0.15) is 35.3 Å². The van der Waals surface area contributed by atoms with Crippen molar-refractivity contribution in [3.8, 4) is 5.75 Å². The first-order chi connectivity index (χ1) is 21.9. The lowest BCUT2D eigenvalue weighted by Crippen LogP contribution is -2.49. The Morgan fingerprint density at radius 3 is 2.48 bits per heavy atom. The molecule has 0 saturated carbocycles. The third kappa shape index (κ3) is 7.60. The second-order valence-corrected chi connectivity index (χ2v) is 11.8. The molecule has 0 aliphatic carbocycles. The van der Waals surface area contributed by atoms with Gasteiger partial charge < -0.3 is 25.4 Å². The minimum atomic E-state index is -4.40. The van der Waals surface area contributed by atoms with E-state index in [-0.39, 0.29) is 24.0 Å². The lowest BCUT2D eigenvalue weighted by atomic mass is 9.99. The van der Waals surface area contributed by atoms with Crippen molar-refractivity contribution in [3.63, 3.8) is 0 Å². The lowest BCUT2D eigenvalue weighted by molar-refractivity contribution is -0.137. The molecule has 1 aliphatic rings. The number of halogens is 3. The summed E-state index contributed by atoms with van der Waals surface area (Å²) in [6, 6.07) is 22.3. The maximum Gasteiger partial charge on any atom is 0.416 e. The molecule has 8 nitrogen and oxygen atoms in total. The van der Waals surface area contributed by atoms with Gasteiger partial charge in [-0.2, -0.15) is 13.2 Å². The van der Waals surface area contributed by atoms with E-state index < -0.39 is 29.9 Å². The van der Waals surface area contributed by atoms with Crippen molar-refractivity contribution in [3.05, 3.63) is 102 Å². The Labute approximate surface area is 265 Å². The van der Waals surface area contributed by atoms with Crippen molar-refractivity contribution >= 4 is 34.1 Å². The largest absolute Gasteiger partial charge is 0.488 e. The Morgan fingerprint density at radius 1 is 1.04 bits per heavy atom. The number of fused-ring (bicyclic) bond motifs is 2. The fourth-order valence-corrected chi connectivity index (χ4v) is 5.62. The summed E-state index contributed by atoms with van der Waals surface area (Å²) in [5, 5.41) is 17.5. The number of aliphatic hydroxyl groups is 1. The predicted molar refractivity (Wildman–Crippen MR) is 172 cm³/mol. The molecule has 0 radical (unpaired) electrons. The molecular formula is C35H37F3N4O4.